The minimum atomic E-state index is -0.402. The molecule has 0 aliphatic carbocycles. The SMILES string of the molecule is Cn1nc(-c2nc(Cc3ccccc3)no2)c2c1CCN(C(=O)Nc1cccc(F)c1)C2. The summed E-state index contributed by atoms with van der Waals surface area (Å²) in [6.07, 6.45) is 1.20. The van der Waals surface area contributed by atoms with E-state index in [0.717, 1.165) is 16.8 Å². The summed E-state index contributed by atoms with van der Waals surface area (Å²) in [7, 11) is 1.87. The molecule has 8 nitrogen and oxygen atoms in total. The molecule has 1 aliphatic rings. The van der Waals surface area contributed by atoms with Gasteiger partial charge < -0.3 is 14.7 Å². The minimum Gasteiger partial charge on any atom is -0.332 e. The van der Waals surface area contributed by atoms with Gasteiger partial charge in [0, 0.05) is 43.4 Å². The molecule has 0 atom stereocenters. The maximum absolute atomic E-state index is 13.4. The van der Waals surface area contributed by atoms with Crippen molar-refractivity contribution in [2.75, 3.05) is 11.9 Å². The van der Waals surface area contributed by atoms with Crippen LogP contribution in [-0.4, -0.2) is 37.4 Å². The third kappa shape index (κ3) is 3.96. The number of aryl methyl sites for hydroxylation is 1. The summed E-state index contributed by atoms with van der Waals surface area (Å²) >= 11 is 0. The average Bonchev–Trinajstić information content (AvgIpc) is 3.38. The summed E-state index contributed by atoms with van der Waals surface area (Å²) in [5.74, 6) is 0.503. The zero-order valence-electron chi connectivity index (χ0n) is 17.5. The highest BCUT2D eigenvalue weighted by atomic mass is 19.1. The largest absolute Gasteiger partial charge is 0.332 e. The highest BCUT2D eigenvalue weighted by Gasteiger charge is 2.29. The van der Waals surface area contributed by atoms with Gasteiger partial charge in [-0.05, 0) is 23.8 Å². The Bertz CT molecular complexity index is 1270. The zero-order chi connectivity index (χ0) is 22.1. The molecule has 0 saturated heterocycles. The predicted molar refractivity (Wildman–Crippen MR) is 115 cm³/mol. The number of anilines is 1. The Morgan fingerprint density at radius 3 is 2.84 bits per heavy atom. The van der Waals surface area contributed by atoms with E-state index in [4.69, 9.17) is 4.52 Å². The Morgan fingerprint density at radius 2 is 2.03 bits per heavy atom. The summed E-state index contributed by atoms with van der Waals surface area (Å²) in [5, 5.41) is 11.4. The minimum absolute atomic E-state index is 0.300. The number of carbonyl (C=O) groups is 1. The van der Waals surface area contributed by atoms with E-state index in [9.17, 15) is 9.18 Å². The number of fused-ring (bicyclic) bond motifs is 1. The molecule has 3 heterocycles. The van der Waals surface area contributed by atoms with E-state index in [1.165, 1.54) is 12.1 Å². The second kappa shape index (κ2) is 8.26. The fourth-order valence-electron chi connectivity index (χ4n) is 3.91. The van der Waals surface area contributed by atoms with Crippen molar-refractivity contribution in [3.8, 4) is 11.6 Å². The first-order valence-corrected chi connectivity index (χ1v) is 10.3. The fourth-order valence-corrected chi connectivity index (χ4v) is 3.91. The van der Waals surface area contributed by atoms with Gasteiger partial charge >= 0.3 is 6.03 Å². The monoisotopic (exact) mass is 432 g/mol. The van der Waals surface area contributed by atoms with Crippen molar-refractivity contribution in [2.45, 2.75) is 19.4 Å². The first kappa shape index (κ1) is 19.9. The quantitative estimate of drug-likeness (QED) is 0.530. The molecule has 4 aromatic rings. The highest BCUT2D eigenvalue weighted by molar-refractivity contribution is 5.89. The molecule has 1 aliphatic heterocycles. The first-order chi connectivity index (χ1) is 15.6. The third-order valence-electron chi connectivity index (χ3n) is 5.48. The van der Waals surface area contributed by atoms with E-state index >= 15 is 0 Å². The number of nitrogens with zero attached hydrogens (tertiary/aromatic N) is 5. The smallest absolute Gasteiger partial charge is 0.322 e. The summed E-state index contributed by atoms with van der Waals surface area (Å²) in [6, 6.07) is 15.4. The van der Waals surface area contributed by atoms with Gasteiger partial charge in [0.15, 0.2) is 11.5 Å². The van der Waals surface area contributed by atoms with Crippen molar-refractivity contribution >= 4 is 11.7 Å². The van der Waals surface area contributed by atoms with E-state index in [2.05, 4.69) is 20.6 Å². The molecule has 32 heavy (non-hydrogen) atoms. The molecule has 2 aromatic carbocycles. The number of amides is 2. The van der Waals surface area contributed by atoms with Gasteiger partial charge in [0.25, 0.3) is 5.89 Å². The van der Waals surface area contributed by atoms with Crippen LogP contribution in [0.2, 0.25) is 0 Å². The van der Waals surface area contributed by atoms with Gasteiger partial charge in [0.2, 0.25) is 0 Å². The molecule has 0 fully saturated rings. The summed E-state index contributed by atoms with van der Waals surface area (Å²) in [6.45, 7) is 0.867. The average molecular weight is 432 g/mol. The molecule has 9 heteroatoms. The number of nitrogens with one attached hydrogen (secondary N) is 1. The molecule has 2 aromatic heterocycles. The van der Waals surface area contributed by atoms with Crippen LogP contribution in [0.15, 0.2) is 59.1 Å². The molecule has 0 bridgehead atoms. The van der Waals surface area contributed by atoms with Crippen LogP contribution in [0.1, 0.15) is 22.6 Å². The van der Waals surface area contributed by atoms with Crippen LogP contribution in [0.5, 0.6) is 0 Å². The summed E-state index contributed by atoms with van der Waals surface area (Å²) < 4.78 is 20.7. The van der Waals surface area contributed by atoms with Crippen molar-refractivity contribution in [1.82, 2.24) is 24.8 Å². The van der Waals surface area contributed by atoms with Crippen molar-refractivity contribution in [3.05, 3.63) is 83.1 Å². The van der Waals surface area contributed by atoms with Crippen LogP contribution in [0.25, 0.3) is 11.6 Å². The number of rotatable bonds is 4. The lowest BCUT2D eigenvalue weighted by Crippen LogP contribution is -2.39. The van der Waals surface area contributed by atoms with Crippen LogP contribution < -0.4 is 5.32 Å². The third-order valence-corrected chi connectivity index (χ3v) is 5.48. The number of benzene rings is 2. The van der Waals surface area contributed by atoms with E-state index in [-0.39, 0.29) is 6.03 Å². The second-order valence-electron chi connectivity index (χ2n) is 7.69. The molecule has 162 valence electrons. The van der Waals surface area contributed by atoms with E-state index in [1.807, 2.05) is 37.4 Å². The summed E-state index contributed by atoms with van der Waals surface area (Å²) in [5.41, 5.74) is 3.98. The van der Waals surface area contributed by atoms with Gasteiger partial charge in [-0.1, -0.05) is 41.6 Å². The number of hydrogen-bond donors (Lipinski definition) is 1. The number of hydrogen-bond acceptors (Lipinski definition) is 5. The Hall–Kier alpha value is -4.01. The number of urea groups is 1. The Labute approximate surface area is 183 Å². The first-order valence-electron chi connectivity index (χ1n) is 10.3. The standard InChI is InChI=1S/C23H21FN6O2/c1-29-19-10-11-30(23(31)25-17-9-5-8-16(24)13-17)14-18(19)21(27-29)22-26-20(28-32-22)12-15-6-3-2-4-7-15/h2-9,13H,10-12,14H2,1H3,(H,25,31). The molecular formula is C23H21FN6O2. The zero-order valence-corrected chi connectivity index (χ0v) is 17.5. The normalized spacial score (nSPS) is 13.1. The fraction of sp³-hybridized carbons (Fsp3) is 0.217. The van der Waals surface area contributed by atoms with E-state index in [0.29, 0.717) is 49.0 Å². The molecule has 2 amide bonds. The lowest BCUT2D eigenvalue weighted by molar-refractivity contribution is 0.206. The number of carbonyl (C=O) groups excluding carboxylic acids is 1. The van der Waals surface area contributed by atoms with Gasteiger partial charge in [-0.2, -0.15) is 10.1 Å². The van der Waals surface area contributed by atoms with Crippen molar-refractivity contribution in [1.29, 1.82) is 0 Å². The van der Waals surface area contributed by atoms with E-state index < -0.39 is 5.82 Å². The second-order valence-corrected chi connectivity index (χ2v) is 7.69. The molecule has 0 spiro atoms. The van der Waals surface area contributed by atoms with Crippen molar-refractivity contribution < 1.29 is 13.7 Å². The number of halogens is 1. The van der Waals surface area contributed by atoms with Gasteiger partial charge in [-0.25, -0.2) is 9.18 Å². The summed E-state index contributed by atoms with van der Waals surface area (Å²) in [4.78, 5) is 19.0. The van der Waals surface area contributed by atoms with Crippen molar-refractivity contribution in [3.63, 3.8) is 0 Å². The Morgan fingerprint density at radius 1 is 1.19 bits per heavy atom. The van der Waals surface area contributed by atoms with Crippen LogP contribution in [0, 0.1) is 5.82 Å². The Kier molecular flexibility index (Phi) is 5.14. The lowest BCUT2D eigenvalue weighted by Gasteiger charge is -2.27. The molecule has 5 rings (SSSR count). The molecular weight excluding hydrogens is 411 g/mol. The van der Waals surface area contributed by atoms with Crippen LogP contribution in [0.4, 0.5) is 14.9 Å². The maximum Gasteiger partial charge on any atom is 0.322 e. The molecule has 0 unspecified atom stereocenters. The predicted octanol–water partition coefficient (Wildman–Crippen LogP) is 3.79. The molecule has 0 radical (unpaired) electrons. The topological polar surface area (TPSA) is 89.1 Å². The Balaban J connectivity index is 1.36. The van der Waals surface area contributed by atoms with Crippen molar-refractivity contribution in [2.24, 2.45) is 7.05 Å². The van der Waals surface area contributed by atoms with Gasteiger partial charge in [-0.3, -0.25) is 4.68 Å². The lowest BCUT2D eigenvalue weighted by atomic mass is 10.1. The van der Waals surface area contributed by atoms with Gasteiger partial charge in [0.05, 0.1) is 6.54 Å². The van der Waals surface area contributed by atoms with Crippen LogP contribution in [-0.2, 0) is 26.4 Å². The maximum atomic E-state index is 13.4. The highest BCUT2D eigenvalue weighted by Crippen LogP contribution is 2.29. The van der Waals surface area contributed by atoms with Crippen LogP contribution in [0.3, 0.4) is 0 Å². The van der Waals surface area contributed by atoms with E-state index in [1.54, 1.807) is 21.7 Å². The van der Waals surface area contributed by atoms with Gasteiger partial charge in [0.1, 0.15) is 5.82 Å². The molecule has 1 N–H and O–H groups in total. The van der Waals surface area contributed by atoms with Gasteiger partial charge in [-0.15, -0.1) is 0 Å². The van der Waals surface area contributed by atoms with Crippen LogP contribution >= 0.6 is 0 Å². The molecule has 0 saturated carbocycles. The number of aromatic nitrogens is 4.